The van der Waals surface area contributed by atoms with Crippen LogP contribution in [0.15, 0.2) is 36.4 Å². The molecule has 0 aliphatic carbocycles. The number of aromatic carboxylic acids is 1. The summed E-state index contributed by atoms with van der Waals surface area (Å²) in [7, 11) is 0. The summed E-state index contributed by atoms with van der Waals surface area (Å²) in [5.41, 5.74) is -3.72. The number of nitrogens with zero attached hydrogens (tertiary/aromatic N) is 3. The second-order valence-corrected chi connectivity index (χ2v) is 5.17. The smallest absolute Gasteiger partial charge is 0.338 e. The molecule has 0 saturated carbocycles. The number of rotatable bonds is 4. The Labute approximate surface area is 143 Å². The number of carbonyl (C=O) groups excluding carboxylic acids is 2. The van der Waals surface area contributed by atoms with Gasteiger partial charge in [-0.05, 0) is 12.1 Å². The van der Waals surface area contributed by atoms with Crippen LogP contribution in [0.25, 0.3) is 0 Å². The van der Waals surface area contributed by atoms with E-state index in [2.05, 4.69) is 0 Å². The molecule has 11 heteroatoms. The number of anilines is 1. The Balaban J connectivity index is 2.33. The van der Waals surface area contributed by atoms with E-state index in [-0.39, 0.29) is 11.1 Å². The quantitative estimate of drug-likeness (QED) is 0.493. The van der Waals surface area contributed by atoms with E-state index in [0.29, 0.717) is 17.0 Å². The third-order valence-electron chi connectivity index (χ3n) is 3.73. The van der Waals surface area contributed by atoms with E-state index in [9.17, 15) is 39.7 Å². The number of carboxylic acid groups (broad SMARTS) is 1. The van der Waals surface area contributed by atoms with Crippen molar-refractivity contribution in [1.82, 2.24) is 0 Å². The van der Waals surface area contributed by atoms with Crippen molar-refractivity contribution in [3.8, 4) is 0 Å². The highest BCUT2D eigenvalue weighted by Crippen LogP contribution is 2.40. The lowest BCUT2D eigenvalue weighted by atomic mass is 10.1. The molecule has 1 N–H and O–H groups in total. The van der Waals surface area contributed by atoms with Crippen LogP contribution in [0.1, 0.15) is 31.1 Å². The number of benzene rings is 2. The normalized spacial score (nSPS) is 12.8. The highest BCUT2D eigenvalue weighted by atomic mass is 16.6. The topological polar surface area (TPSA) is 161 Å². The number of nitro groups is 2. The Morgan fingerprint density at radius 3 is 1.92 bits per heavy atom. The Hall–Kier alpha value is -4.15. The van der Waals surface area contributed by atoms with E-state index in [1.54, 1.807) is 0 Å². The molecule has 0 bridgehead atoms. The fraction of sp³-hybridized carbons (Fsp3) is 0. The molecule has 0 unspecified atom stereocenters. The standard InChI is InChI=1S/C15H7N3O8/c19-13-8-3-1-2-4-9(8)14(20)16(13)12-10(15(21)22)5-7(17(23)24)6-11(12)18(25)26/h1-6H,(H,21,22). The van der Waals surface area contributed by atoms with Crippen LogP contribution in [0.4, 0.5) is 17.1 Å². The lowest BCUT2D eigenvalue weighted by Gasteiger charge is -2.16. The van der Waals surface area contributed by atoms with Crippen molar-refractivity contribution in [2.24, 2.45) is 0 Å². The van der Waals surface area contributed by atoms with Gasteiger partial charge in [0.05, 0.1) is 32.6 Å². The maximum atomic E-state index is 12.5. The molecule has 130 valence electrons. The molecule has 2 amide bonds. The van der Waals surface area contributed by atoms with Crippen molar-refractivity contribution in [3.63, 3.8) is 0 Å². The second kappa shape index (κ2) is 5.73. The minimum Gasteiger partial charge on any atom is -0.478 e. The van der Waals surface area contributed by atoms with Gasteiger partial charge >= 0.3 is 11.7 Å². The van der Waals surface area contributed by atoms with Gasteiger partial charge in [-0.25, -0.2) is 9.69 Å². The lowest BCUT2D eigenvalue weighted by Crippen LogP contribution is -2.31. The Morgan fingerprint density at radius 2 is 1.50 bits per heavy atom. The van der Waals surface area contributed by atoms with Gasteiger partial charge in [0, 0.05) is 6.07 Å². The fourth-order valence-electron chi connectivity index (χ4n) is 2.64. The van der Waals surface area contributed by atoms with Gasteiger partial charge in [-0.2, -0.15) is 0 Å². The number of hydrogen-bond acceptors (Lipinski definition) is 7. The van der Waals surface area contributed by atoms with Crippen LogP contribution < -0.4 is 4.90 Å². The lowest BCUT2D eigenvalue weighted by molar-refractivity contribution is -0.393. The van der Waals surface area contributed by atoms with E-state index >= 15 is 0 Å². The number of amides is 2. The zero-order valence-electron chi connectivity index (χ0n) is 12.6. The zero-order chi connectivity index (χ0) is 19.2. The molecule has 3 rings (SSSR count). The molecule has 0 saturated heterocycles. The third-order valence-corrected chi connectivity index (χ3v) is 3.73. The summed E-state index contributed by atoms with van der Waals surface area (Å²) in [4.78, 5) is 57.1. The number of hydrogen-bond donors (Lipinski definition) is 1. The first-order chi connectivity index (χ1) is 12.2. The van der Waals surface area contributed by atoms with E-state index < -0.39 is 50.3 Å². The SMILES string of the molecule is O=C(O)c1cc([N+](=O)[O-])cc([N+](=O)[O-])c1N1C(=O)c2ccccc2C1=O. The molecule has 2 aromatic rings. The number of fused-ring (bicyclic) bond motifs is 1. The molecule has 26 heavy (non-hydrogen) atoms. The van der Waals surface area contributed by atoms with Crippen LogP contribution in [0, 0.1) is 20.2 Å². The highest BCUT2D eigenvalue weighted by Gasteiger charge is 2.43. The van der Waals surface area contributed by atoms with E-state index in [1.165, 1.54) is 24.3 Å². The van der Waals surface area contributed by atoms with Crippen molar-refractivity contribution in [3.05, 3.63) is 73.3 Å². The number of nitro benzene ring substituents is 2. The first kappa shape index (κ1) is 16.7. The Morgan fingerprint density at radius 1 is 0.962 bits per heavy atom. The molecule has 2 aromatic carbocycles. The molecule has 0 atom stereocenters. The van der Waals surface area contributed by atoms with Crippen molar-refractivity contribution in [1.29, 1.82) is 0 Å². The summed E-state index contributed by atoms with van der Waals surface area (Å²) in [5.74, 6) is -3.67. The minimum absolute atomic E-state index is 0.0542. The molecular formula is C15H7N3O8. The predicted octanol–water partition coefficient (Wildman–Crippen LogP) is 2.00. The van der Waals surface area contributed by atoms with Gasteiger partial charge in [0.25, 0.3) is 17.5 Å². The molecule has 0 aromatic heterocycles. The maximum absolute atomic E-state index is 12.5. The van der Waals surface area contributed by atoms with Gasteiger partial charge in [-0.15, -0.1) is 0 Å². The summed E-state index contributed by atoms with van der Waals surface area (Å²) < 4.78 is 0. The molecule has 0 fully saturated rings. The van der Waals surface area contributed by atoms with Crippen molar-refractivity contribution >= 4 is 34.8 Å². The van der Waals surface area contributed by atoms with Gasteiger partial charge in [-0.1, -0.05) is 12.1 Å². The van der Waals surface area contributed by atoms with Gasteiger partial charge < -0.3 is 5.11 Å². The predicted molar refractivity (Wildman–Crippen MR) is 84.3 cm³/mol. The number of imide groups is 1. The summed E-state index contributed by atoms with van der Waals surface area (Å²) in [6.45, 7) is 0. The molecule has 0 radical (unpaired) electrons. The second-order valence-electron chi connectivity index (χ2n) is 5.17. The molecule has 1 aliphatic heterocycles. The first-order valence-electron chi connectivity index (χ1n) is 6.92. The van der Waals surface area contributed by atoms with Gasteiger partial charge in [0.15, 0.2) is 0 Å². The molecular weight excluding hydrogens is 350 g/mol. The molecule has 1 aliphatic rings. The van der Waals surface area contributed by atoms with Crippen molar-refractivity contribution in [2.75, 3.05) is 4.90 Å². The minimum atomic E-state index is -1.76. The van der Waals surface area contributed by atoms with Crippen molar-refractivity contribution in [2.45, 2.75) is 0 Å². The van der Waals surface area contributed by atoms with Crippen LogP contribution in [0.3, 0.4) is 0 Å². The summed E-state index contributed by atoms with van der Waals surface area (Å²) in [5, 5.41) is 31.6. The van der Waals surface area contributed by atoms with Crippen LogP contribution >= 0.6 is 0 Å². The third kappa shape index (κ3) is 2.34. The monoisotopic (exact) mass is 357 g/mol. The number of carbonyl (C=O) groups is 3. The maximum Gasteiger partial charge on any atom is 0.338 e. The molecule has 11 nitrogen and oxygen atoms in total. The average Bonchev–Trinajstić information content (AvgIpc) is 2.85. The Kier molecular flexibility index (Phi) is 3.68. The van der Waals surface area contributed by atoms with Crippen LogP contribution in [0.5, 0.6) is 0 Å². The highest BCUT2D eigenvalue weighted by molar-refractivity contribution is 6.36. The van der Waals surface area contributed by atoms with Crippen LogP contribution in [-0.2, 0) is 0 Å². The summed E-state index contributed by atoms with van der Waals surface area (Å²) >= 11 is 0. The average molecular weight is 357 g/mol. The summed E-state index contributed by atoms with van der Waals surface area (Å²) in [6, 6.07) is 6.63. The van der Waals surface area contributed by atoms with Crippen molar-refractivity contribution < 1.29 is 29.3 Å². The number of non-ortho nitro benzene ring substituents is 1. The molecule has 0 spiro atoms. The molecule has 1 heterocycles. The van der Waals surface area contributed by atoms with Gasteiger partial charge in [0.2, 0.25) is 0 Å². The fourth-order valence-corrected chi connectivity index (χ4v) is 2.64. The van der Waals surface area contributed by atoms with Crippen LogP contribution in [-0.4, -0.2) is 32.7 Å². The van der Waals surface area contributed by atoms with E-state index in [0.717, 1.165) is 0 Å². The van der Waals surface area contributed by atoms with Crippen LogP contribution in [0.2, 0.25) is 0 Å². The summed E-state index contributed by atoms with van der Waals surface area (Å²) in [6.07, 6.45) is 0. The largest absolute Gasteiger partial charge is 0.478 e. The first-order valence-corrected chi connectivity index (χ1v) is 6.92. The Bertz CT molecular complexity index is 959. The van der Waals surface area contributed by atoms with Gasteiger partial charge in [-0.3, -0.25) is 29.8 Å². The van der Waals surface area contributed by atoms with E-state index in [1.807, 2.05) is 0 Å². The van der Waals surface area contributed by atoms with Gasteiger partial charge in [0.1, 0.15) is 5.69 Å². The van der Waals surface area contributed by atoms with E-state index in [4.69, 9.17) is 0 Å². The zero-order valence-corrected chi connectivity index (χ0v) is 12.6. The number of carboxylic acids is 1.